The number of hydrogen-bond acceptors (Lipinski definition) is 3. The summed E-state index contributed by atoms with van der Waals surface area (Å²) in [6.45, 7) is 0.393. The van der Waals surface area contributed by atoms with E-state index in [9.17, 15) is 9.59 Å². The Morgan fingerprint density at radius 3 is 2.29 bits per heavy atom. The molecule has 0 aromatic rings. The number of Topliss-reactive ketones (excluding diaryl/α,β-unsaturated/α-hetero) is 1. The Labute approximate surface area is 111 Å². The number of carbonyl (C=O) groups excluding carboxylic acids is 2. The van der Waals surface area contributed by atoms with Crippen LogP contribution in [0.2, 0.25) is 0 Å². The first kappa shape index (κ1) is 14.5. The van der Waals surface area contributed by atoms with Crippen LogP contribution in [0.25, 0.3) is 0 Å². The molecule has 1 amide bonds. The average Bonchev–Trinajstić information content (AvgIpc) is 2.61. The summed E-state index contributed by atoms with van der Waals surface area (Å²) >= 11 is 3.24. The number of methoxy groups -OCH3 is 1. The van der Waals surface area contributed by atoms with Crippen LogP contribution in [0, 0.1) is 5.41 Å². The zero-order valence-electron chi connectivity index (χ0n) is 10.3. The highest BCUT2D eigenvalue weighted by molar-refractivity contribution is 9.09. The minimum Gasteiger partial charge on any atom is -0.453 e. The lowest BCUT2D eigenvalue weighted by Crippen LogP contribution is -2.43. The van der Waals surface area contributed by atoms with E-state index in [1.165, 1.54) is 20.0 Å². The number of alkyl carbamates (subject to hydrolysis) is 1. The monoisotopic (exact) mass is 305 g/mol. The highest BCUT2D eigenvalue weighted by atomic mass is 79.9. The molecule has 4 nitrogen and oxygen atoms in total. The molecule has 1 rings (SSSR count). The molecule has 0 aliphatic heterocycles. The molecule has 0 saturated heterocycles. The number of nitrogens with one attached hydrogen (secondary N) is 1. The fourth-order valence-corrected chi connectivity index (χ4v) is 3.01. The zero-order valence-corrected chi connectivity index (χ0v) is 11.8. The molecule has 0 atom stereocenters. The molecular weight excluding hydrogens is 286 g/mol. The smallest absolute Gasteiger partial charge is 0.406 e. The van der Waals surface area contributed by atoms with Crippen molar-refractivity contribution >= 4 is 27.8 Å². The molecule has 1 fully saturated rings. The third-order valence-electron chi connectivity index (χ3n) is 3.53. The van der Waals surface area contributed by atoms with Crippen molar-refractivity contribution in [1.29, 1.82) is 0 Å². The fraction of sp³-hybridized carbons (Fsp3) is 0.833. The minimum absolute atomic E-state index is 0.191. The summed E-state index contributed by atoms with van der Waals surface area (Å²) < 4.78 is 4.56. The van der Waals surface area contributed by atoms with E-state index in [0.29, 0.717) is 11.9 Å². The van der Waals surface area contributed by atoms with E-state index < -0.39 is 11.5 Å². The molecule has 98 valence electrons. The summed E-state index contributed by atoms with van der Waals surface area (Å²) in [5.41, 5.74) is -0.395. The van der Waals surface area contributed by atoms with Gasteiger partial charge < -0.3 is 10.1 Å². The highest BCUT2D eigenvalue weighted by Gasteiger charge is 2.37. The molecular formula is C12H20BrNO3. The van der Waals surface area contributed by atoms with E-state index in [-0.39, 0.29) is 5.78 Å². The number of ketones is 1. The summed E-state index contributed by atoms with van der Waals surface area (Å²) in [7, 11) is 1.33. The van der Waals surface area contributed by atoms with Crippen LogP contribution in [0.4, 0.5) is 4.79 Å². The predicted molar refractivity (Wildman–Crippen MR) is 69.3 cm³/mol. The Hall–Kier alpha value is -0.580. The summed E-state index contributed by atoms with van der Waals surface area (Å²) in [6, 6.07) is 0. The van der Waals surface area contributed by atoms with E-state index in [1.807, 2.05) is 0 Å². The Balaban J connectivity index is 2.70. The van der Waals surface area contributed by atoms with Gasteiger partial charge in [0.05, 0.1) is 12.4 Å². The second-order valence-electron chi connectivity index (χ2n) is 4.60. The van der Waals surface area contributed by atoms with Gasteiger partial charge >= 0.3 is 6.09 Å². The van der Waals surface area contributed by atoms with Gasteiger partial charge in [-0.15, -0.1) is 0 Å². The van der Waals surface area contributed by atoms with E-state index >= 15 is 0 Å². The van der Waals surface area contributed by atoms with Crippen molar-refractivity contribution in [2.24, 2.45) is 5.41 Å². The van der Waals surface area contributed by atoms with Crippen LogP contribution in [0.3, 0.4) is 0 Å². The second kappa shape index (κ2) is 6.99. The largest absolute Gasteiger partial charge is 0.453 e. The van der Waals surface area contributed by atoms with Gasteiger partial charge in [0.2, 0.25) is 0 Å². The van der Waals surface area contributed by atoms with Crippen molar-refractivity contribution in [2.45, 2.75) is 38.5 Å². The SMILES string of the molecule is COC(=O)NCC1(C(=O)CBr)CCCCCC1. The molecule has 0 aromatic carbocycles. The second-order valence-corrected chi connectivity index (χ2v) is 5.16. The number of hydrogen-bond donors (Lipinski definition) is 1. The van der Waals surface area contributed by atoms with Crippen molar-refractivity contribution in [3.05, 3.63) is 0 Å². The predicted octanol–water partition coefficient (Wildman–Crippen LogP) is 2.65. The van der Waals surface area contributed by atoms with Gasteiger partial charge in [-0.3, -0.25) is 4.79 Å². The number of amides is 1. The van der Waals surface area contributed by atoms with Gasteiger partial charge in [-0.2, -0.15) is 0 Å². The van der Waals surface area contributed by atoms with Crippen LogP contribution < -0.4 is 5.32 Å². The first-order valence-electron chi connectivity index (χ1n) is 6.06. The quantitative estimate of drug-likeness (QED) is 0.642. The average molecular weight is 306 g/mol. The summed E-state index contributed by atoms with van der Waals surface area (Å²) in [5, 5.41) is 3.04. The molecule has 1 N–H and O–H groups in total. The van der Waals surface area contributed by atoms with E-state index in [0.717, 1.165) is 25.7 Å². The van der Waals surface area contributed by atoms with Crippen molar-refractivity contribution in [2.75, 3.05) is 19.0 Å². The van der Waals surface area contributed by atoms with E-state index in [2.05, 4.69) is 26.0 Å². The Morgan fingerprint density at radius 1 is 1.24 bits per heavy atom. The third kappa shape index (κ3) is 3.98. The lowest BCUT2D eigenvalue weighted by atomic mass is 9.77. The normalized spacial score (nSPS) is 19.2. The molecule has 5 heteroatoms. The molecule has 1 saturated carbocycles. The number of alkyl halides is 1. The molecule has 0 bridgehead atoms. The maximum Gasteiger partial charge on any atom is 0.406 e. The minimum atomic E-state index is -0.462. The van der Waals surface area contributed by atoms with Crippen molar-refractivity contribution < 1.29 is 14.3 Å². The van der Waals surface area contributed by atoms with E-state index in [1.54, 1.807) is 0 Å². The molecule has 1 aliphatic carbocycles. The van der Waals surface area contributed by atoms with E-state index in [4.69, 9.17) is 0 Å². The number of rotatable bonds is 4. The Bertz CT molecular complexity index is 273. The van der Waals surface area contributed by atoms with Gasteiger partial charge in [-0.1, -0.05) is 41.6 Å². The molecule has 0 unspecified atom stereocenters. The summed E-state index contributed by atoms with van der Waals surface area (Å²) in [4.78, 5) is 23.2. The lowest BCUT2D eigenvalue weighted by molar-refractivity contribution is -0.126. The lowest BCUT2D eigenvalue weighted by Gasteiger charge is -2.30. The number of ether oxygens (including phenoxy) is 1. The van der Waals surface area contributed by atoms with Gasteiger partial charge in [0, 0.05) is 12.0 Å². The van der Waals surface area contributed by atoms with Crippen LogP contribution >= 0.6 is 15.9 Å². The maximum atomic E-state index is 12.1. The number of halogens is 1. The molecule has 0 heterocycles. The van der Waals surface area contributed by atoms with Gasteiger partial charge in [-0.25, -0.2) is 4.79 Å². The first-order chi connectivity index (χ1) is 8.14. The van der Waals surface area contributed by atoms with Gasteiger partial charge in [0.15, 0.2) is 5.78 Å². The van der Waals surface area contributed by atoms with Crippen molar-refractivity contribution in [3.63, 3.8) is 0 Å². The van der Waals surface area contributed by atoms with Crippen LogP contribution in [0.15, 0.2) is 0 Å². The van der Waals surface area contributed by atoms with Crippen LogP contribution in [-0.2, 0) is 9.53 Å². The summed E-state index contributed by atoms with van der Waals surface area (Å²) in [6.07, 6.45) is 5.73. The first-order valence-corrected chi connectivity index (χ1v) is 7.18. The summed E-state index contributed by atoms with van der Waals surface area (Å²) in [5.74, 6) is 0.191. The molecule has 0 radical (unpaired) electrons. The molecule has 0 aromatic heterocycles. The van der Waals surface area contributed by atoms with Gasteiger partial charge in [-0.05, 0) is 12.8 Å². The topological polar surface area (TPSA) is 55.4 Å². The Kier molecular flexibility index (Phi) is 5.95. The van der Waals surface area contributed by atoms with Crippen LogP contribution in [-0.4, -0.2) is 30.9 Å². The van der Waals surface area contributed by atoms with Gasteiger partial charge in [0.25, 0.3) is 0 Å². The number of carbonyl (C=O) groups is 2. The third-order valence-corrected chi connectivity index (χ3v) is 4.04. The maximum absolute atomic E-state index is 12.1. The van der Waals surface area contributed by atoms with Gasteiger partial charge in [0.1, 0.15) is 0 Å². The van der Waals surface area contributed by atoms with Crippen LogP contribution in [0.1, 0.15) is 38.5 Å². The van der Waals surface area contributed by atoms with Crippen molar-refractivity contribution in [3.8, 4) is 0 Å². The molecule has 17 heavy (non-hydrogen) atoms. The van der Waals surface area contributed by atoms with Crippen molar-refractivity contribution in [1.82, 2.24) is 5.32 Å². The zero-order chi connectivity index (χ0) is 12.7. The molecule has 1 aliphatic rings. The fourth-order valence-electron chi connectivity index (χ4n) is 2.41. The van der Waals surface area contributed by atoms with Crippen LogP contribution in [0.5, 0.6) is 0 Å². The Morgan fingerprint density at radius 2 is 1.82 bits per heavy atom. The highest BCUT2D eigenvalue weighted by Crippen LogP contribution is 2.36. The molecule has 0 spiro atoms. The standard InChI is InChI=1S/C12H20BrNO3/c1-17-11(16)14-9-12(10(15)8-13)6-4-2-3-5-7-12/h2-9H2,1H3,(H,14,16).